The number of hydrogen-bond acceptors (Lipinski definition) is 4. The third-order valence-electron chi connectivity index (χ3n) is 3.14. The van der Waals surface area contributed by atoms with Gasteiger partial charge in [0.1, 0.15) is 5.75 Å². The minimum absolute atomic E-state index is 0.330. The van der Waals surface area contributed by atoms with Gasteiger partial charge in [0.25, 0.3) is 0 Å². The van der Waals surface area contributed by atoms with Gasteiger partial charge in [-0.3, -0.25) is 0 Å². The lowest BCUT2D eigenvalue weighted by Crippen LogP contribution is -2.23. The first-order valence-corrected chi connectivity index (χ1v) is 7.47. The van der Waals surface area contributed by atoms with E-state index in [4.69, 9.17) is 4.74 Å². The van der Waals surface area contributed by atoms with Crippen molar-refractivity contribution < 1.29 is 4.74 Å². The number of benzene rings is 1. The summed E-state index contributed by atoms with van der Waals surface area (Å²) in [5.74, 6) is 0.955. The Labute approximate surface area is 118 Å². The van der Waals surface area contributed by atoms with Crippen LogP contribution in [0.2, 0.25) is 0 Å². The van der Waals surface area contributed by atoms with Gasteiger partial charge in [-0.1, -0.05) is 25.1 Å². The van der Waals surface area contributed by atoms with Gasteiger partial charge in [0.05, 0.1) is 12.1 Å². The fourth-order valence-electron chi connectivity index (χ4n) is 2.16. The van der Waals surface area contributed by atoms with E-state index in [9.17, 15) is 0 Å². The Balaban J connectivity index is 1.95. The summed E-state index contributed by atoms with van der Waals surface area (Å²) in [5, 5.41) is 6.79. The smallest absolute Gasteiger partial charge is 0.123 e. The van der Waals surface area contributed by atoms with Crippen molar-refractivity contribution in [1.82, 2.24) is 10.3 Å². The van der Waals surface area contributed by atoms with E-state index >= 15 is 0 Å². The molecule has 0 aliphatic rings. The van der Waals surface area contributed by atoms with Crippen LogP contribution in [0, 0.1) is 0 Å². The number of hydrogen-bond donors (Lipinski definition) is 1. The van der Waals surface area contributed by atoms with Crippen molar-refractivity contribution >= 4 is 11.3 Å². The summed E-state index contributed by atoms with van der Waals surface area (Å²) in [5.41, 5.74) is 1.23. The first kappa shape index (κ1) is 14.0. The van der Waals surface area contributed by atoms with E-state index in [0.717, 1.165) is 25.1 Å². The number of para-hydroxylation sites is 1. The Bertz CT molecular complexity index is 485. The summed E-state index contributed by atoms with van der Waals surface area (Å²) in [6.45, 7) is 3.12. The highest BCUT2D eigenvalue weighted by atomic mass is 32.1. The maximum absolute atomic E-state index is 5.43. The van der Waals surface area contributed by atoms with Gasteiger partial charge in [0, 0.05) is 36.1 Å². The fraction of sp³-hybridized carbons (Fsp3) is 0.400. The fourth-order valence-corrected chi connectivity index (χ4v) is 2.78. The molecule has 3 nitrogen and oxygen atoms in total. The second kappa shape index (κ2) is 7.26. The average molecular weight is 276 g/mol. The van der Waals surface area contributed by atoms with E-state index in [1.165, 1.54) is 10.6 Å². The molecule has 0 bridgehead atoms. The molecule has 102 valence electrons. The molecule has 0 saturated carbocycles. The molecule has 1 aromatic heterocycles. The summed E-state index contributed by atoms with van der Waals surface area (Å²) in [4.78, 5) is 4.30. The van der Waals surface area contributed by atoms with Crippen molar-refractivity contribution in [2.45, 2.75) is 25.8 Å². The van der Waals surface area contributed by atoms with Crippen LogP contribution in [0.15, 0.2) is 35.8 Å². The summed E-state index contributed by atoms with van der Waals surface area (Å²) in [6, 6.07) is 8.54. The molecule has 4 heteroatoms. The Kier molecular flexibility index (Phi) is 5.36. The molecule has 2 aromatic rings. The lowest BCUT2D eigenvalue weighted by molar-refractivity contribution is 0.397. The van der Waals surface area contributed by atoms with Crippen LogP contribution in [-0.4, -0.2) is 18.6 Å². The number of rotatable bonds is 7. The molecule has 0 fully saturated rings. The monoisotopic (exact) mass is 276 g/mol. The second-order valence-corrected chi connectivity index (χ2v) is 5.31. The highest BCUT2D eigenvalue weighted by molar-refractivity contribution is 7.09. The number of thiazole rings is 1. The molecular weight excluding hydrogens is 256 g/mol. The van der Waals surface area contributed by atoms with Crippen LogP contribution in [0.4, 0.5) is 0 Å². The molecule has 0 saturated heterocycles. The molecule has 19 heavy (non-hydrogen) atoms. The molecule has 1 heterocycles. The average Bonchev–Trinajstić information content (AvgIpc) is 2.97. The summed E-state index contributed by atoms with van der Waals surface area (Å²) in [6.07, 6.45) is 3.87. The summed E-state index contributed by atoms with van der Waals surface area (Å²) >= 11 is 1.71. The predicted molar refractivity (Wildman–Crippen MR) is 79.8 cm³/mol. The Morgan fingerprint density at radius 3 is 2.89 bits per heavy atom. The largest absolute Gasteiger partial charge is 0.496 e. The van der Waals surface area contributed by atoms with Crippen LogP contribution in [0.25, 0.3) is 0 Å². The summed E-state index contributed by atoms with van der Waals surface area (Å²) < 4.78 is 5.43. The normalized spacial score (nSPS) is 12.3. The first-order valence-electron chi connectivity index (χ1n) is 6.59. The van der Waals surface area contributed by atoms with Gasteiger partial charge in [-0.15, -0.1) is 11.3 Å². The van der Waals surface area contributed by atoms with Crippen LogP contribution < -0.4 is 10.1 Å². The van der Waals surface area contributed by atoms with Crippen LogP contribution in [0.1, 0.15) is 30.0 Å². The highest BCUT2D eigenvalue weighted by Gasteiger charge is 2.13. The van der Waals surface area contributed by atoms with E-state index in [-0.39, 0.29) is 0 Å². The number of methoxy groups -OCH3 is 1. The van der Waals surface area contributed by atoms with E-state index in [0.29, 0.717) is 6.04 Å². The van der Waals surface area contributed by atoms with Gasteiger partial charge >= 0.3 is 0 Å². The van der Waals surface area contributed by atoms with Crippen molar-refractivity contribution in [3.8, 4) is 5.75 Å². The maximum Gasteiger partial charge on any atom is 0.123 e. The van der Waals surface area contributed by atoms with Crippen LogP contribution in [0.5, 0.6) is 5.75 Å². The molecule has 1 unspecified atom stereocenters. The third-order valence-corrected chi connectivity index (χ3v) is 3.98. The molecule has 0 radical (unpaired) electrons. The zero-order valence-corrected chi connectivity index (χ0v) is 12.2. The second-order valence-electron chi connectivity index (χ2n) is 4.33. The minimum Gasteiger partial charge on any atom is -0.496 e. The zero-order chi connectivity index (χ0) is 13.5. The predicted octanol–water partition coefficient (Wildman–Crippen LogP) is 3.44. The van der Waals surface area contributed by atoms with E-state index in [2.05, 4.69) is 29.4 Å². The first-order chi connectivity index (χ1) is 9.35. The SMILES string of the molecule is CCC(NCCc1nccs1)c1ccccc1OC. The van der Waals surface area contributed by atoms with Gasteiger partial charge in [-0.2, -0.15) is 0 Å². The Hall–Kier alpha value is -1.39. The van der Waals surface area contributed by atoms with Crippen molar-refractivity contribution in [2.75, 3.05) is 13.7 Å². The molecule has 1 aromatic carbocycles. The van der Waals surface area contributed by atoms with E-state index in [1.807, 2.05) is 23.7 Å². The number of aromatic nitrogens is 1. The number of nitrogens with one attached hydrogen (secondary N) is 1. The van der Waals surface area contributed by atoms with Gasteiger partial charge in [-0.25, -0.2) is 4.98 Å². The van der Waals surface area contributed by atoms with Crippen molar-refractivity contribution in [1.29, 1.82) is 0 Å². The highest BCUT2D eigenvalue weighted by Crippen LogP contribution is 2.26. The topological polar surface area (TPSA) is 34.2 Å². The van der Waals surface area contributed by atoms with Gasteiger partial charge in [-0.05, 0) is 12.5 Å². The van der Waals surface area contributed by atoms with Crippen molar-refractivity contribution in [3.63, 3.8) is 0 Å². The van der Waals surface area contributed by atoms with Crippen LogP contribution >= 0.6 is 11.3 Å². The number of nitrogens with zero attached hydrogens (tertiary/aromatic N) is 1. The van der Waals surface area contributed by atoms with Crippen LogP contribution in [-0.2, 0) is 6.42 Å². The lowest BCUT2D eigenvalue weighted by Gasteiger charge is -2.19. The Morgan fingerprint density at radius 1 is 1.37 bits per heavy atom. The molecule has 2 rings (SSSR count). The molecule has 1 atom stereocenters. The lowest BCUT2D eigenvalue weighted by atomic mass is 10.0. The van der Waals surface area contributed by atoms with Crippen molar-refractivity contribution in [3.05, 3.63) is 46.4 Å². The van der Waals surface area contributed by atoms with Gasteiger partial charge in [0.15, 0.2) is 0 Å². The zero-order valence-electron chi connectivity index (χ0n) is 11.4. The Morgan fingerprint density at radius 2 is 2.21 bits per heavy atom. The molecule has 0 spiro atoms. The van der Waals surface area contributed by atoms with Crippen molar-refractivity contribution in [2.24, 2.45) is 0 Å². The third kappa shape index (κ3) is 3.78. The minimum atomic E-state index is 0.330. The van der Waals surface area contributed by atoms with Gasteiger partial charge in [0.2, 0.25) is 0 Å². The summed E-state index contributed by atoms with van der Waals surface area (Å²) in [7, 11) is 1.72. The van der Waals surface area contributed by atoms with Gasteiger partial charge < -0.3 is 10.1 Å². The van der Waals surface area contributed by atoms with E-state index in [1.54, 1.807) is 18.4 Å². The van der Waals surface area contributed by atoms with Crippen LogP contribution in [0.3, 0.4) is 0 Å². The molecule has 1 N–H and O–H groups in total. The quantitative estimate of drug-likeness (QED) is 0.841. The molecular formula is C15H20N2OS. The molecule has 0 amide bonds. The molecule has 0 aliphatic heterocycles. The molecule has 0 aliphatic carbocycles. The standard InChI is InChI=1S/C15H20N2OS/c1-3-13(12-6-4-5-7-14(12)18-2)16-9-8-15-17-10-11-19-15/h4-7,10-11,13,16H,3,8-9H2,1-2H3. The van der Waals surface area contributed by atoms with E-state index < -0.39 is 0 Å². The number of ether oxygens (including phenoxy) is 1. The maximum atomic E-state index is 5.43.